The van der Waals surface area contributed by atoms with Crippen LogP contribution in [0, 0.1) is 0 Å². The summed E-state index contributed by atoms with van der Waals surface area (Å²) in [6, 6.07) is 0. The number of hydrogen-bond acceptors (Lipinski definition) is 12. The molecule has 52 heavy (non-hydrogen) atoms. The Labute approximate surface area is 316 Å². The molecule has 0 radical (unpaired) electrons. The molecule has 0 bridgehead atoms. The van der Waals surface area contributed by atoms with Crippen LogP contribution in [0.15, 0.2) is 0 Å². The number of ether oxygens (including phenoxy) is 9. The Bertz CT molecular complexity index is 643. The molecular formula is C39H80O13. The fourth-order valence-corrected chi connectivity index (χ4v) is 4.73. The maximum Gasteiger partial charge on any atom is 0.303 e. The van der Waals surface area contributed by atoms with Gasteiger partial charge in [0.1, 0.15) is 0 Å². The van der Waals surface area contributed by atoms with Crippen molar-refractivity contribution < 1.29 is 62.7 Å². The van der Waals surface area contributed by atoms with Gasteiger partial charge in [-0.05, 0) is 13.3 Å². The topological polar surface area (TPSA) is 161 Å². The minimum atomic E-state index is -0.653. The molecule has 0 saturated carbocycles. The summed E-state index contributed by atoms with van der Waals surface area (Å²) in [5.74, 6) is -0.653. The monoisotopic (exact) mass is 757 g/mol. The molecule has 0 aliphatic carbocycles. The quantitative estimate of drug-likeness (QED) is 0.0637. The van der Waals surface area contributed by atoms with Crippen LogP contribution >= 0.6 is 0 Å². The van der Waals surface area contributed by atoms with Crippen LogP contribution in [-0.4, -0.2) is 153 Å². The van der Waals surface area contributed by atoms with Gasteiger partial charge in [-0.3, -0.25) is 4.79 Å². The van der Waals surface area contributed by atoms with Gasteiger partial charge < -0.3 is 58.0 Å². The summed E-state index contributed by atoms with van der Waals surface area (Å²) in [5, 5.41) is 26.1. The van der Waals surface area contributed by atoms with Crippen molar-refractivity contribution in [3.8, 4) is 0 Å². The number of aliphatic hydroxyl groups excluding tert-OH is 2. The van der Waals surface area contributed by atoms with Gasteiger partial charge in [0.2, 0.25) is 0 Å². The van der Waals surface area contributed by atoms with E-state index in [1.165, 1.54) is 83.5 Å². The maximum absolute atomic E-state index is 10.3. The third-order valence-corrected chi connectivity index (χ3v) is 7.56. The summed E-state index contributed by atoms with van der Waals surface area (Å²) >= 11 is 0. The molecule has 0 rings (SSSR count). The number of unbranched alkanes of at least 4 members (excludes halogenated alkanes) is 14. The first-order valence-electron chi connectivity index (χ1n) is 20.2. The third-order valence-electron chi connectivity index (χ3n) is 7.56. The van der Waals surface area contributed by atoms with Crippen molar-refractivity contribution >= 4 is 5.97 Å². The van der Waals surface area contributed by atoms with Crippen LogP contribution in [0.3, 0.4) is 0 Å². The van der Waals surface area contributed by atoms with Gasteiger partial charge >= 0.3 is 5.97 Å². The maximum atomic E-state index is 10.3. The molecule has 13 nitrogen and oxygen atoms in total. The van der Waals surface area contributed by atoms with Gasteiger partial charge in [-0.2, -0.15) is 0 Å². The summed E-state index contributed by atoms with van der Waals surface area (Å²) in [7, 11) is 0. The van der Waals surface area contributed by atoms with Gasteiger partial charge in [0, 0.05) is 6.42 Å². The zero-order chi connectivity index (χ0) is 38.3. The molecule has 0 aromatic carbocycles. The van der Waals surface area contributed by atoms with Crippen molar-refractivity contribution in [1.82, 2.24) is 0 Å². The Kier molecular flexibility index (Phi) is 51.1. The van der Waals surface area contributed by atoms with Crippen LogP contribution in [0.4, 0.5) is 0 Å². The van der Waals surface area contributed by atoms with Gasteiger partial charge in [0.05, 0.1) is 132 Å². The van der Waals surface area contributed by atoms with Crippen LogP contribution < -0.4 is 0 Å². The molecule has 0 spiro atoms. The van der Waals surface area contributed by atoms with E-state index in [0.717, 1.165) is 12.8 Å². The van der Waals surface area contributed by atoms with E-state index in [2.05, 4.69) is 6.92 Å². The fraction of sp³-hybridized carbons (Fsp3) is 0.974. The van der Waals surface area contributed by atoms with Gasteiger partial charge in [0.15, 0.2) is 0 Å². The Morgan fingerprint density at radius 3 is 0.923 bits per heavy atom. The lowest BCUT2D eigenvalue weighted by Crippen LogP contribution is -2.16. The van der Waals surface area contributed by atoms with Gasteiger partial charge in [-0.15, -0.1) is 0 Å². The minimum Gasteiger partial charge on any atom is -0.481 e. The highest BCUT2D eigenvalue weighted by Crippen LogP contribution is 2.13. The lowest BCUT2D eigenvalue weighted by atomic mass is 10.0. The van der Waals surface area contributed by atoms with E-state index in [0.29, 0.717) is 125 Å². The number of hydrogen-bond donors (Lipinski definition) is 3. The Balaban J connectivity index is 0. The van der Waals surface area contributed by atoms with Crippen molar-refractivity contribution in [3.05, 3.63) is 0 Å². The summed E-state index contributed by atoms with van der Waals surface area (Å²) in [6.45, 7) is 12.6. The van der Waals surface area contributed by atoms with Crippen LogP contribution in [0.2, 0.25) is 0 Å². The Morgan fingerprint density at radius 1 is 0.423 bits per heavy atom. The van der Waals surface area contributed by atoms with E-state index >= 15 is 0 Å². The number of carboxylic acid groups (broad SMARTS) is 1. The second kappa shape index (κ2) is 50.0. The van der Waals surface area contributed by atoms with Crippen molar-refractivity contribution in [2.75, 3.05) is 126 Å². The van der Waals surface area contributed by atoms with E-state index in [1.807, 2.05) is 0 Å². The molecule has 0 aromatic heterocycles. The molecule has 13 heteroatoms. The predicted octanol–water partition coefficient (Wildman–Crippen LogP) is 5.84. The molecule has 0 aromatic rings. The van der Waals surface area contributed by atoms with Crippen molar-refractivity contribution in [2.24, 2.45) is 0 Å². The third kappa shape index (κ3) is 55.8. The predicted molar refractivity (Wildman–Crippen MR) is 203 cm³/mol. The van der Waals surface area contributed by atoms with Crippen molar-refractivity contribution in [3.63, 3.8) is 0 Å². The highest BCUT2D eigenvalue weighted by atomic mass is 16.6. The van der Waals surface area contributed by atoms with Crippen LogP contribution in [0.25, 0.3) is 0 Å². The lowest BCUT2D eigenvalue weighted by molar-refractivity contribution is -0.137. The summed E-state index contributed by atoms with van der Waals surface area (Å²) in [4.78, 5) is 10.3. The minimum absolute atomic E-state index is 0.0275. The molecule has 0 saturated heterocycles. The number of aliphatic hydroxyl groups is 2. The molecular weight excluding hydrogens is 676 g/mol. The first-order chi connectivity index (χ1) is 25.5. The highest BCUT2D eigenvalue weighted by molar-refractivity contribution is 5.66. The highest BCUT2D eigenvalue weighted by Gasteiger charge is 1.99. The lowest BCUT2D eigenvalue weighted by Gasteiger charge is -2.09. The molecule has 0 aliphatic rings. The van der Waals surface area contributed by atoms with Crippen LogP contribution in [0.5, 0.6) is 0 Å². The molecule has 314 valence electrons. The average Bonchev–Trinajstić information content (AvgIpc) is 3.13. The standard InChI is InChI=1S/C21H44O11.C18H36O2/c1-21(23)20-32-19-18-31-17-16-30-15-14-29-13-12-28-11-10-27-9-8-26-7-6-25-5-4-24-3-2-22;1-2-3-4-5-6-7-8-9-10-11-12-13-14-15-16-17-18(19)20/h21-23H,2-20H2,1H3;2-17H2,1H3,(H,19,20). The normalized spacial score (nSPS) is 11.8. The molecule has 1 unspecified atom stereocenters. The van der Waals surface area contributed by atoms with E-state index < -0.39 is 12.1 Å². The van der Waals surface area contributed by atoms with E-state index in [-0.39, 0.29) is 6.61 Å². The largest absolute Gasteiger partial charge is 0.481 e. The molecule has 3 N–H and O–H groups in total. The Hall–Kier alpha value is -0.970. The average molecular weight is 757 g/mol. The van der Waals surface area contributed by atoms with Crippen LogP contribution in [0.1, 0.15) is 117 Å². The van der Waals surface area contributed by atoms with E-state index in [4.69, 9.17) is 58.0 Å². The molecule has 0 fully saturated rings. The molecule has 0 heterocycles. The van der Waals surface area contributed by atoms with Crippen molar-refractivity contribution in [1.29, 1.82) is 0 Å². The number of rotatable bonds is 44. The zero-order valence-corrected chi connectivity index (χ0v) is 33.3. The van der Waals surface area contributed by atoms with Crippen LogP contribution in [-0.2, 0) is 47.4 Å². The first kappa shape index (κ1) is 53.1. The molecule has 0 aliphatic heterocycles. The summed E-state index contributed by atoms with van der Waals surface area (Å²) < 4.78 is 47.9. The summed E-state index contributed by atoms with van der Waals surface area (Å²) in [6.07, 6.45) is 19.8. The fourth-order valence-electron chi connectivity index (χ4n) is 4.73. The number of carbonyl (C=O) groups is 1. The second-order valence-corrected chi connectivity index (χ2v) is 12.6. The first-order valence-corrected chi connectivity index (χ1v) is 20.2. The Morgan fingerprint density at radius 2 is 0.673 bits per heavy atom. The zero-order valence-electron chi connectivity index (χ0n) is 33.3. The molecule has 0 amide bonds. The molecule has 1 atom stereocenters. The summed E-state index contributed by atoms with van der Waals surface area (Å²) in [5.41, 5.74) is 0. The number of aliphatic carboxylic acids is 1. The van der Waals surface area contributed by atoms with Gasteiger partial charge in [-0.1, -0.05) is 96.8 Å². The second-order valence-electron chi connectivity index (χ2n) is 12.6. The SMILES string of the molecule is CC(O)COCCOCCOCCOCCOCCOCCOCCOCCOCCO.CCCCCCCCCCCCCCCCCC(=O)O. The number of carboxylic acids is 1. The van der Waals surface area contributed by atoms with Gasteiger partial charge in [-0.25, -0.2) is 0 Å². The van der Waals surface area contributed by atoms with E-state index in [9.17, 15) is 4.79 Å². The smallest absolute Gasteiger partial charge is 0.303 e. The van der Waals surface area contributed by atoms with Gasteiger partial charge in [0.25, 0.3) is 0 Å². The van der Waals surface area contributed by atoms with E-state index in [1.54, 1.807) is 6.92 Å². The van der Waals surface area contributed by atoms with Crippen molar-refractivity contribution in [2.45, 2.75) is 123 Å².